The minimum absolute atomic E-state index is 0.0821. The van der Waals surface area contributed by atoms with Crippen LogP contribution in [0, 0.1) is 22.7 Å². The summed E-state index contributed by atoms with van der Waals surface area (Å²) in [5.41, 5.74) is 0. The lowest BCUT2D eigenvalue weighted by Crippen LogP contribution is -2.32. The van der Waals surface area contributed by atoms with Gasteiger partial charge in [-0.05, 0) is 24.6 Å². The number of ether oxygens (including phenoxy) is 1. The number of nitriles is 2. The third-order valence-electron chi connectivity index (χ3n) is 3.03. The maximum Gasteiger partial charge on any atom is 0.222 e. The first kappa shape index (κ1) is 19.1. The van der Waals surface area contributed by atoms with E-state index >= 15 is 0 Å². The summed E-state index contributed by atoms with van der Waals surface area (Å²) in [6.07, 6.45) is 1.33. The van der Waals surface area contributed by atoms with Crippen molar-refractivity contribution in [2.24, 2.45) is 0 Å². The minimum Gasteiger partial charge on any atom is -0.492 e. The molecule has 1 amide bonds. The van der Waals surface area contributed by atoms with Crippen LogP contribution in [0.25, 0.3) is 0 Å². The van der Waals surface area contributed by atoms with Crippen LogP contribution in [-0.4, -0.2) is 30.5 Å². The normalized spacial score (nSPS) is 9.74. The van der Waals surface area contributed by atoms with Crippen molar-refractivity contribution in [1.82, 2.24) is 4.90 Å². The highest BCUT2D eigenvalue weighted by molar-refractivity contribution is 6.35. The average Bonchev–Trinajstić information content (AvgIpc) is 2.53. The lowest BCUT2D eigenvalue weighted by atomic mass is 10.2. The van der Waals surface area contributed by atoms with E-state index in [4.69, 9.17) is 38.5 Å². The number of halogens is 2. The molecule has 0 unspecified atom stereocenters. The van der Waals surface area contributed by atoms with Crippen LogP contribution in [0.5, 0.6) is 5.75 Å². The van der Waals surface area contributed by atoms with Gasteiger partial charge in [-0.1, -0.05) is 23.2 Å². The van der Waals surface area contributed by atoms with Gasteiger partial charge in [0.1, 0.15) is 5.75 Å². The molecule has 0 aliphatic carbocycles. The molecule has 0 aromatic heterocycles. The summed E-state index contributed by atoms with van der Waals surface area (Å²) in [5, 5.41) is 18.2. The van der Waals surface area contributed by atoms with Gasteiger partial charge in [0.05, 0.1) is 36.6 Å². The quantitative estimate of drug-likeness (QED) is 0.632. The number of carbonyl (C=O) groups excluding carboxylic acids is 1. The molecule has 0 atom stereocenters. The molecule has 1 aromatic carbocycles. The highest BCUT2D eigenvalue weighted by Gasteiger charge is 2.12. The van der Waals surface area contributed by atoms with Crippen LogP contribution in [0.1, 0.15) is 25.7 Å². The van der Waals surface area contributed by atoms with Gasteiger partial charge in [-0.3, -0.25) is 4.79 Å². The highest BCUT2D eigenvalue weighted by Crippen LogP contribution is 2.27. The Morgan fingerprint density at radius 2 is 1.83 bits per heavy atom. The largest absolute Gasteiger partial charge is 0.492 e. The summed E-state index contributed by atoms with van der Waals surface area (Å²) in [5.74, 6) is 0.440. The molecular weight excluding hydrogens is 337 g/mol. The van der Waals surface area contributed by atoms with Crippen molar-refractivity contribution in [2.45, 2.75) is 25.7 Å². The monoisotopic (exact) mass is 353 g/mol. The molecule has 0 heterocycles. The number of carbonyl (C=O) groups is 1. The summed E-state index contributed by atoms with van der Waals surface area (Å²) in [6, 6.07) is 8.96. The first-order chi connectivity index (χ1) is 11.1. The molecule has 0 fully saturated rings. The first-order valence-corrected chi connectivity index (χ1v) is 7.93. The van der Waals surface area contributed by atoms with Crippen molar-refractivity contribution >= 4 is 29.1 Å². The van der Waals surface area contributed by atoms with E-state index in [0.717, 1.165) is 0 Å². The van der Waals surface area contributed by atoms with Crippen LogP contribution in [0.15, 0.2) is 18.2 Å². The number of hydrogen-bond acceptors (Lipinski definition) is 4. The van der Waals surface area contributed by atoms with Gasteiger partial charge in [0.25, 0.3) is 0 Å². The van der Waals surface area contributed by atoms with Crippen LogP contribution in [-0.2, 0) is 4.79 Å². The van der Waals surface area contributed by atoms with Gasteiger partial charge in [-0.2, -0.15) is 10.5 Å². The predicted octanol–water partition coefficient (Wildman–Crippen LogP) is 3.81. The molecular formula is C16H17Cl2N3O2. The first-order valence-electron chi connectivity index (χ1n) is 7.18. The maximum atomic E-state index is 12.1. The Morgan fingerprint density at radius 3 is 2.39 bits per heavy atom. The number of amides is 1. The molecule has 0 spiro atoms. The topological polar surface area (TPSA) is 77.1 Å². The van der Waals surface area contributed by atoms with E-state index in [2.05, 4.69) is 0 Å². The van der Waals surface area contributed by atoms with Gasteiger partial charge >= 0.3 is 0 Å². The van der Waals surface area contributed by atoms with E-state index in [0.29, 0.717) is 48.3 Å². The number of nitrogens with zero attached hydrogens (tertiary/aromatic N) is 3. The number of hydrogen-bond donors (Lipinski definition) is 0. The van der Waals surface area contributed by atoms with Crippen LogP contribution in [0.3, 0.4) is 0 Å². The van der Waals surface area contributed by atoms with Crippen molar-refractivity contribution in [3.8, 4) is 17.9 Å². The molecule has 0 N–H and O–H groups in total. The van der Waals surface area contributed by atoms with E-state index < -0.39 is 0 Å². The van der Waals surface area contributed by atoms with Crippen molar-refractivity contribution in [1.29, 1.82) is 10.5 Å². The van der Waals surface area contributed by atoms with E-state index in [-0.39, 0.29) is 18.7 Å². The second-order valence-corrected chi connectivity index (χ2v) is 5.57. The van der Waals surface area contributed by atoms with Gasteiger partial charge in [0.15, 0.2) is 0 Å². The zero-order valence-electron chi connectivity index (χ0n) is 12.6. The second-order valence-electron chi connectivity index (χ2n) is 4.72. The molecule has 122 valence electrons. The SMILES string of the molecule is N#CCCN(CCC#N)C(=O)CCCOc1ccc(Cl)cc1Cl. The Kier molecular flexibility index (Phi) is 8.90. The Morgan fingerprint density at radius 1 is 1.17 bits per heavy atom. The van der Waals surface area contributed by atoms with Gasteiger partial charge < -0.3 is 9.64 Å². The highest BCUT2D eigenvalue weighted by atomic mass is 35.5. The van der Waals surface area contributed by atoms with Crippen molar-refractivity contribution < 1.29 is 9.53 Å². The van der Waals surface area contributed by atoms with Gasteiger partial charge in [0, 0.05) is 24.5 Å². The third-order valence-corrected chi connectivity index (χ3v) is 3.56. The average molecular weight is 354 g/mol. The minimum atomic E-state index is -0.0821. The fourth-order valence-electron chi connectivity index (χ4n) is 1.89. The van der Waals surface area contributed by atoms with Crippen molar-refractivity contribution in [3.05, 3.63) is 28.2 Å². The van der Waals surface area contributed by atoms with Crippen LogP contribution in [0.2, 0.25) is 10.0 Å². The third kappa shape index (κ3) is 7.23. The van der Waals surface area contributed by atoms with Crippen LogP contribution < -0.4 is 4.74 Å². The van der Waals surface area contributed by atoms with E-state index in [1.807, 2.05) is 12.1 Å². The molecule has 0 aliphatic heterocycles. The molecule has 23 heavy (non-hydrogen) atoms. The standard InChI is InChI=1S/C16H17Cl2N3O2/c17-13-5-6-15(14(18)12-13)23-11-1-4-16(22)21(9-2-7-19)10-3-8-20/h5-6,12H,1-4,9-11H2. The van der Waals surface area contributed by atoms with Crippen molar-refractivity contribution in [2.75, 3.05) is 19.7 Å². The molecule has 0 saturated heterocycles. The summed E-state index contributed by atoms with van der Waals surface area (Å²) in [4.78, 5) is 13.6. The Bertz CT molecular complexity index is 590. The molecule has 1 rings (SSSR count). The summed E-state index contributed by atoms with van der Waals surface area (Å²) < 4.78 is 5.52. The summed E-state index contributed by atoms with van der Waals surface area (Å²) >= 11 is 11.8. The van der Waals surface area contributed by atoms with Gasteiger partial charge in [-0.15, -0.1) is 0 Å². The second kappa shape index (κ2) is 10.7. The number of rotatable bonds is 9. The van der Waals surface area contributed by atoms with Crippen LogP contribution >= 0.6 is 23.2 Å². The molecule has 1 aromatic rings. The molecule has 0 radical (unpaired) electrons. The Labute approximate surface area is 146 Å². The summed E-state index contributed by atoms with van der Waals surface area (Å²) in [6.45, 7) is 1.04. The van der Waals surface area contributed by atoms with Gasteiger partial charge in [0.2, 0.25) is 5.91 Å². The summed E-state index contributed by atoms with van der Waals surface area (Å²) in [7, 11) is 0. The van der Waals surface area contributed by atoms with E-state index in [1.54, 1.807) is 23.1 Å². The van der Waals surface area contributed by atoms with E-state index in [9.17, 15) is 4.79 Å². The molecule has 7 heteroatoms. The number of benzene rings is 1. The lowest BCUT2D eigenvalue weighted by molar-refractivity contribution is -0.131. The lowest BCUT2D eigenvalue weighted by Gasteiger charge is -2.20. The smallest absolute Gasteiger partial charge is 0.222 e. The zero-order valence-corrected chi connectivity index (χ0v) is 14.1. The molecule has 0 aliphatic rings. The molecule has 0 bridgehead atoms. The van der Waals surface area contributed by atoms with Crippen LogP contribution in [0.4, 0.5) is 0 Å². The maximum absolute atomic E-state index is 12.1. The predicted molar refractivity (Wildman–Crippen MR) is 88.2 cm³/mol. The molecule has 0 saturated carbocycles. The fourth-order valence-corrected chi connectivity index (χ4v) is 2.35. The Hall–Kier alpha value is -1.95. The molecule has 5 nitrogen and oxygen atoms in total. The zero-order chi connectivity index (χ0) is 17.1. The fraction of sp³-hybridized carbons (Fsp3) is 0.438. The van der Waals surface area contributed by atoms with Crippen molar-refractivity contribution in [3.63, 3.8) is 0 Å². The van der Waals surface area contributed by atoms with Gasteiger partial charge in [-0.25, -0.2) is 0 Å². The Balaban J connectivity index is 2.38. The van der Waals surface area contributed by atoms with E-state index in [1.165, 1.54) is 0 Å².